The number of aromatic nitrogens is 1. The van der Waals surface area contributed by atoms with E-state index in [0.29, 0.717) is 5.56 Å². The first-order valence-electron chi connectivity index (χ1n) is 4.01. The molecule has 0 atom stereocenters. The van der Waals surface area contributed by atoms with E-state index in [1.165, 1.54) is 0 Å². The maximum atomic E-state index is 10.3. The first-order valence-corrected chi connectivity index (χ1v) is 4.01. The second-order valence-corrected chi connectivity index (χ2v) is 2.74. The summed E-state index contributed by atoms with van der Waals surface area (Å²) in [6, 6.07) is 3.56. The summed E-state index contributed by atoms with van der Waals surface area (Å²) < 4.78 is 0. The van der Waals surface area contributed by atoms with Gasteiger partial charge >= 0.3 is 0 Å². The number of pyridine rings is 1. The van der Waals surface area contributed by atoms with Crippen molar-refractivity contribution in [2.24, 2.45) is 0 Å². The van der Waals surface area contributed by atoms with Crippen molar-refractivity contribution in [3.63, 3.8) is 0 Å². The molecule has 1 aromatic heterocycles. The molecular formula is C10H12N2O. The highest BCUT2D eigenvalue weighted by Crippen LogP contribution is 2.07. The lowest BCUT2D eigenvalue weighted by Crippen LogP contribution is -2.17. The van der Waals surface area contributed by atoms with E-state index in [2.05, 4.69) is 11.6 Å². The number of rotatable bonds is 4. The Hall–Kier alpha value is -1.64. The number of carbonyl (C=O) groups excluding carboxylic acids is 1. The van der Waals surface area contributed by atoms with Crippen LogP contribution in [0.4, 0.5) is 5.82 Å². The molecule has 0 unspecified atom stereocenters. The van der Waals surface area contributed by atoms with E-state index in [9.17, 15) is 4.79 Å². The first kappa shape index (κ1) is 9.45. The molecule has 13 heavy (non-hydrogen) atoms. The van der Waals surface area contributed by atoms with Crippen molar-refractivity contribution < 1.29 is 4.79 Å². The van der Waals surface area contributed by atoms with Gasteiger partial charge in [-0.3, -0.25) is 4.79 Å². The lowest BCUT2D eigenvalue weighted by molar-refractivity contribution is 0.112. The summed E-state index contributed by atoms with van der Waals surface area (Å²) in [5.74, 6) is 0.838. The van der Waals surface area contributed by atoms with Crippen molar-refractivity contribution in [2.45, 2.75) is 0 Å². The largest absolute Gasteiger partial charge is 0.356 e. The van der Waals surface area contributed by atoms with Crippen LogP contribution >= 0.6 is 0 Å². The number of aldehydes is 1. The Morgan fingerprint density at radius 3 is 2.85 bits per heavy atom. The molecule has 0 aliphatic carbocycles. The van der Waals surface area contributed by atoms with Crippen molar-refractivity contribution >= 4 is 12.1 Å². The minimum absolute atomic E-state index is 0.593. The highest BCUT2D eigenvalue weighted by molar-refractivity contribution is 5.74. The fourth-order valence-corrected chi connectivity index (χ4v) is 0.980. The van der Waals surface area contributed by atoms with E-state index in [1.807, 2.05) is 18.0 Å². The normalized spacial score (nSPS) is 9.31. The van der Waals surface area contributed by atoms with Crippen molar-refractivity contribution in [1.82, 2.24) is 4.98 Å². The summed E-state index contributed by atoms with van der Waals surface area (Å²) in [7, 11) is 1.92. The predicted molar refractivity (Wildman–Crippen MR) is 53.1 cm³/mol. The lowest BCUT2D eigenvalue weighted by Gasteiger charge is -2.15. The van der Waals surface area contributed by atoms with E-state index in [4.69, 9.17) is 0 Å². The maximum absolute atomic E-state index is 10.3. The fraction of sp³-hybridized carbons (Fsp3) is 0.200. The van der Waals surface area contributed by atoms with Crippen LogP contribution in [-0.4, -0.2) is 24.9 Å². The molecule has 0 N–H and O–H groups in total. The third-order valence-electron chi connectivity index (χ3n) is 1.70. The summed E-state index contributed by atoms with van der Waals surface area (Å²) in [4.78, 5) is 16.4. The van der Waals surface area contributed by atoms with Gasteiger partial charge in [-0.15, -0.1) is 6.58 Å². The Kier molecular flexibility index (Phi) is 3.20. The number of anilines is 1. The molecule has 0 aromatic carbocycles. The van der Waals surface area contributed by atoms with Crippen LogP contribution in [0.2, 0.25) is 0 Å². The van der Waals surface area contributed by atoms with Crippen molar-refractivity contribution in [1.29, 1.82) is 0 Å². The molecule has 68 valence electrons. The Morgan fingerprint density at radius 2 is 2.38 bits per heavy atom. The molecular weight excluding hydrogens is 164 g/mol. The zero-order valence-corrected chi connectivity index (χ0v) is 7.60. The van der Waals surface area contributed by atoms with Gasteiger partial charge < -0.3 is 4.90 Å². The third-order valence-corrected chi connectivity index (χ3v) is 1.70. The molecule has 0 bridgehead atoms. The van der Waals surface area contributed by atoms with Crippen LogP contribution in [0.3, 0.4) is 0 Å². The number of nitrogens with zero attached hydrogens (tertiary/aromatic N) is 2. The van der Waals surface area contributed by atoms with E-state index in [-0.39, 0.29) is 0 Å². The Balaban J connectivity index is 2.78. The Morgan fingerprint density at radius 1 is 1.62 bits per heavy atom. The van der Waals surface area contributed by atoms with Crippen molar-refractivity contribution in [3.8, 4) is 0 Å². The lowest BCUT2D eigenvalue weighted by atomic mass is 10.3. The van der Waals surface area contributed by atoms with Gasteiger partial charge in [-0.2, -0.15) is 0 Å². The maximum Gasteiger partial charge on any atom is 0.151 e. The van der Waals surface area contributed by atoms with Gasteiger partial charge in [0.1, 0.15) is 5.82 Å². The number of hydrogen-bond donors (Lipinski definition) is 0. The van der Waals surface area contributed by atoms with Crippen LogP contribution < -0.4 is 4.90 Å². The average Bonchev–Trinajstić information content (AvgIpc) is 2.18. The number of carbonyl (C=O) groups is 1. The standard InChI is InChI=1S/C10H12N2O/c1-3-6-12(2)10-5-4-9(8-13)7-11-10/h3-5,7-8H,1,6H2,2H3. The van der Waals surface area contributed by atoms with Crippen LogP contribution in [0.1, 0.15) is 10.4 Å². The number of likely N-dealkylation sites (N-methyl/N-ethyl adjacent to an activating group) is 1. The minimum atomic E-state index is 0.593. The summed E-state index contributed by atoms with van der Waals surface area (Å²) in [5.41, 5.74) is 0.593. The molecule has 3 heteroatoms. The molecule has 0 radical (unpaired) electrons. The Bertz CT molecular complexity index is 292. The summed E-state index contributed by atoms with van der Waals surface area (Å²) in [6.07, 6.45) is 4.14. The molecule has 1 rings (SSSR count). The third kappa shape index (κ3) is 2.40. The topological polar surface area (TPSA) is 33.2 Å². The van der Waals surface area contributed by atoms with Gasteiger partial charge in [-0.1, -0.05) is 6.08 Å². The fourth-order valence-electron chi connectivity index (χ4n) is 0.980. The van der Waals surface area contributed by atoms with Crippen molar-refractivity contribution in [2.75, 3.05) is 18.5 Å². The van der Waals surface area contributed by atoms with Gasteiger partial charge in [-0.05, 0) is 12.1 Å². The van der Waals surface area contributed by atoms with Gasteiger partial charge in [0, 0.05) is 25.4 Å². The van der Waals surface area contributed by atoms with Crippen LogP contribution in [0.5, 0.6) is 0 Å². The zero-order valence-electron chi connectivity index (χ0n) is 7.60. The SMILES string of the molecule is C=CCN(C)c1ccc(C=O)cn1. The first-order chi connectivity index (χ1) is 6.27. The van der Waals surface area contributed by atoms with E-state index < -0.39 is 0 Å². The van der Waals surface area contributed by atoms with Crippen LogP contribution in [0.25, 0.3) is 0 Å². The zero-order chi connectivity index (χ0) is 9.68. The second-order valence-electron chi connectivity index (χ2n) is 2.74. The summed E-state index contributed by atoms with van der Waals surface area (Å²) in [5, 5.41) is 0. The molecule has 0 aliphatic rings. The second kappa shape index (κ2) is 4.40. The van der Waals surface area contributed by atoms with E-state index >= 15 is 0 Å². The molecule has 1 heterocycles. The highest BCUT2D eigenvalue weighted by atomic mass is 16.1. The molecule has 0 amide bonds. The van der Waals surface area contributed by atoms with Gasteiger partial charge in [-0.25, -0.2) is 4.98 Å². The quantitative estimate of drug-likeness (QED) is 0.515. The highest BCUT2D eigenvalue weighted by Gasteiger charge is 1.98. The summed E-state index contributed by atoms with van der Waals surface area (Å²) >= 11 is 0. The van der Waals surface area contributed by atoms with Gasteiger partial charge in [0.15, 0.2) is 6.29 Å². The van der Waals surface area contributed by atoms with E-state index in [0.717, 1.165) is 18.6 Å². The van der Waals surface area contributed by atoms with Gasteiger partial charge in [0.25, 0.3) is 0 Å². The molecule has 0 fully saturated rings. The average molecular weight is 176 g/mol. The smallest absolute Gasteiger partial charge is 0.151 e. The molecule has 1 aromatic rings. The van der Waals surface area contributed by atoms with Gasteiger partial charge in [0.2, 0.25) is 0 Å². The van der Waals surface area contributed by atoms with Crippen LogP contribution in [0.15, 0.2) is 31.0 Å². The van der Waals surface area contributed by atoms with Gasteiger partial charge in [0.05, 0.1) is 0 Å². The van der Waals surface area contributed by atoms with E-state index in [1.54, 1.807) is 18.3 Å². The number of hydrogen-bond acceptors (Lipinski definition) is 3. The molecule has 3 nitrogen and oxygen atoms in total. The Labute approximate surface area is 77.7 Å². The van der Waals surface area contributed by atoms with Crippen LogP contribution in [0, 0.1) is 0 Å². The molecule has 0 aliphatic heterocycles. The monoisotopic (exact) mass is 176 g/mol. The summed E-state index contributed by atoms with van der Waals surface area (Å²) in [6.45, 7) is 4.38. The minimum Gasteiger partial charge on any atom is -0.356 e. The molecule has 0 spiro atoms. The van der Waals surface area contributed by atoms with Crippen molar-refractivity contribution in [3.05, 3.63) is 36.5 Å². The molecule has 0 saturated heterocycles. The molecule has 0 saturated carbocycles. The predicted octanol–water partition coefficient (Wildman–Crippen LogP) is 1.52. The van der Waals surface area contributed by atoms with Crippen LogP contribution in [-0.2, 0) is 0 Å².